The fourth-order valence-electron chi connectivity index (χ4n) is 1.87. The van der Waals surface area contributed by atoms with E-state index in [1.807, 2.05) is 0 Å². The molecule has 0 aromatic heterocycles. The predicted octanol–water partition coefficient (Wildman–Crippen LogP) is -1.19. The van der Waals surface area contributed by atoms with Gasteiger partial charge in [0.1, 0.15) is 0 Å². The lowest BCUT2D eigenvalue weighted by atomic mass is 10.2. The van der Waals surface area contributed by atoms with Gasteiger partial charge in [-0.1, -0.05) is 0 Å². The first-order chi connectivity index (χ1) is 9.32. The van der Waals surface area contributed by atoms with Gasteiger partial charge < -0.3 is 14.6 Å². The fraction of sp³-hybridized carbons (Fsp3) is 0.909. The largest absolute Gasteiger partial charge is 0.469 e. The Morgan fingerprint density at radius 2 is 2.20 bits per heavy atom. The molecule has 1 fully saturated rings. The van der Waals surface area contributed by atoms with Crippen molar-refractivity contribution < 1.29 is 27.8 Å². The number of morpholine rings is 1. The van der Waals surface area contributed by atoms with E-state index in [1.165, 1.54) is 18.5 Å². The molecule has 1 heterocycles. The SMILES string of the molecule is COC(=O)CCN(C)S(=O)(=O)N1CC(CO)OCC1C. The molecule has 0 aromatic rings. The highest BCUT2D eigenvalue weighted by atomic mass is 32.2. The highest BCUT2D eigenvalue weighted by Gasteiger charge is 2.36. The Hall–Kier alpha value is -0.740. The zero-order valence-corrected chi connectivity index (χ0v) is 12.8. The second kappa shape index (κ2) is 7.32. The molecule has 8 nitrogen and oxygen atoms in total. The minimum Gasteiger partial charge on any atom is -0.469 e. The van der Waals surface area contributed by atoms with Crippen molar-refractivity contribution in [3.63, 3.8) is 0 Å². The van der Waals surface area contributed by atoms with Gasteiger partial charge in [-0.3, -0.25) is 4.79 Å². The van der Waals surface area contributed by atoms with Gasteiger partial charge >= 0.3 is 5.97 Å². The monoisotopic (exact) mass is 310 g/mol. The first kappa shape index (κ1) is 17.3. The summed E-state index contributed by atoms with van der Waals surface area (Å²) in [6, 6.07) is -0.316. The number of hydrogen-bond donors (Lipinski definition) is 1. The average molecular weight is 310 g/mol. The Morgan fingerprint density at radius 3 is 2.75 bits per heavy atom. The van der Waals surface area contributed by atoms with Gasteiger partial charge in [-0.05, 0) is 6.92 Å². The lowest BCUT2D eigenvalue weighted by molar-refractivity contribution is -0.140. The molecule has 2 unspecified atom stereocenters. The molecule has 20 heavy (non-hydrogen) atoms. The average Bonchev–Trinajstić information content (AvgIpc) is 2.44. The van der Waals surface area contributed by atoms with E-state index in [9.17, 15) is 13.2 Å². The lowest BCUT2D eigenvalue weighted by Gasteiger charge is -2.38. The molecule has 0 spiro atoms. The third-order valence-corrected chi connectivity index (χ3v) is 5.27. The summed E-state index contributed by atoms with van der Waals surface area (Å²) >= 11 is 0. The molecule has 1 rings (SSSR count). The van der Waals surface area contributed by atoms with Crippen LogP contribution in [0.1, 0.15) is 13.3 Å². The van der Waals surface area contributed by atoms with Gasteiger partial charge in [-0.25, -0.2) is 0 Å². The van der Waals surface area contributed by atoms with Crippen molar-refractivity contribution in [1.82, 2.24) is 8.61 Å². The molecule has 1 N–H and O–H groups in total. The number of nitrogens with zero attached hydrogens (tertiary/aromatic N) is 2. The van der Waals surface area contributed by atoms with E-state index in [1.54, 1.807) is 6.92 Å². The summed E-state index contributed by atoms with van der Waals surface area (Å²) in [5, 5.41) is 9.09. The van der Waals surface area contributed by atoms with E-state index >= 15 is 0 Å². The van der Waals surface area contributed by atoms with Crippen LogP contribution < -0.4 is 0 Å². The smallest absolute Gasteiger partial charge is 0.306 e. The van der Waals surface area contributed by atoms with Crippen molar-refractivity contribution in [3.8, 4) is 0 Å². The van der Waals surface area contributed by atoms with E-state index < -0.39 is 22.3 Å². The summed E-state index contributed by atoms with van der Waals surface area (Å²) < 4.78 is 37.0. The zero-order valence-electron chi connectivity index (χ0n) is 12.0. The second-order valence-electron chi connectivity index (χ2n) is 4.71. The zero-order chi connectivity index (χ0) is 15.3. The molecular formula is C11H22N2O6S. The van der Waals surface area contributed by atoms with Crippen LogP contribution in [0.4, 0.5) is 0 Å². The van der Waals surface area contributed by atoms with Crippen LogP contribution in [0.2, 0.25) is 0 Å². The quantitative estimate of drug-likeness (QED) is 0.620. The lowest BCUT2D eigenvalue weighted by Crippen LogP contribution is -2.55. The van der Waals surface area contributed by atoms with Crippen LogP contribution in [-0.4, -0.2) is 80.7 Å². The number of carbonyl (C=O) groups is 1. The van der Waals surface area contributed by atoms with Crippen molar-refractivity contribution in [3.05, 3.63) is 0 Å². The summed E-state index contributed by atoms with van der Waals surface area (Å²) in [6.45, 7) is 1.88. The van der Waals surface area contributed by atoms with Gasteiger partial charge in [0.05, 0.1) is 32.8 Å². The maximum Gasteiger partial charge on any atom is 0.306 e. The third kappa shape index (κ3) is 4.13. The van der Waals surface area contributed by atoms with E-state index in [2.05, 4.69) is 4.74 Å². The molecular weight excluding hydrogens is 288 g/mol. The third-order valence-electron chi connectivity index (χ3n) is 3.20. The van der Waals surface area contributed by atoms with E-state index in [0.717, 1.165) is 4.31 Å². The molecule has 0 bridgehead atoms. The Balaban J connectivity index is 2.72. The molecule has 2 atom stereocenters. The molecule has 1 aliphatic rings. The Kier molecular flexibility index (Phi) is 6.34. The molecule has 0 aliphatic carbocycles. The molecule has 0 radical (unpaired) electrons. The Labute approximate surface area is 119 Å². The Morgan fingerprint density at radius 1 is 1.55 bits per heavy atom. The summed E-state index contributed by atoms with van der Waals surface area (Å²) in [7, 11) is -1.02. The first-order valence-electron chi connectivity index (χ1n) is 6.35. The van der Waals surface area contributed by atoms with E-state index in [0.29, 0.717) is 0 Å². The van der Waals surface area contributed by atoms with Crippen molar-refractivity contribution >= 4 is 16.2 Å². The first-order valence-corrected chi connectivity index (χ1v) is 7.75. The molecule has 118 valence electrons. The van der Waals surface area contributed by atoms with Crippen molar-refractivity contribution in [2.45, 2.75) is 25.5 Å². The van der Waals surface area contributed by atoms with Crippen LogP contribution in [0.25, 0.3) is 0 Å². The van der Waals surface area contributed by atoms with Crippen molar-refractivity contribution in [2.75, 3.05) is 40.5 Å². The normalized spacial score (nSPS) is 24.9. The van der Waals surface area contributed by atoms with E-state index in [4.69, 9.17) is 9.84 Å². The van der Waals surface area contributed by atoms with Gasteiger partial charge in [0.15, 0.2) is 0 Å². The van der Waals surface area contributed by atoms with Gasteiger partial charge in [-0.2, -0.15) is 17.0 Å². The van der Waals surface area contributed by atoms with Gasteiger partial charge in [0, 0.05) is 26.2 Å². The van der Waals surface area contributed by atoms with Crippen LogP contribution >= 0.6 is 0 Å². The summed E-state index contributed by atoms with van der Waals surface area (Å²) in [5.41, 5.74) is 0. The minimum absolute atomic E-state index is 0.00558. The van der Waals surface area contributed by atoms with Gasteiger partial charge in [0.2, 0.25) is 0 Å². The topological polar surface area (TPSA) is 96.4 Å². The number of aliphatic hydroxyl groups excluding tert-OH is 1. The second-order valence-corrected chi connectivity index (χ2v) is 6.70. The van der Waals surface area contributed by atoms with Crippen LogP contribution in [0.3, 0.4) is 0 Å². The number of aliphatic hydroxyl groups is 1. The molecule has 1 saturated heterocycles. The molecule has 0 aromatic carbocycles. The number of rotatable bonds is 6. The van der Waals surface area contributed by atoms with Crippen LogP contribution in [0.15, 0.2) is 0 Å². The number of carbonyl (C=O) groups excluding carboxylic acids is 1. The van der Waals surface area contributed by atoms with Gasteiger partial charge in [0.25, 0.3) is 10.2 Å². The highest BCUT2D eigenvalue weighted by molar-refractivity contribution is 7.86. The van der Waals surface area contributed by atoms with Gasteiger partial charge in [-0.15, -0.1) is 0 Å². The number of hydrogen-bond acceptors (Lipinski definition) is 6. The van der Waals surface area contributed by atoms with Crippen LogP contribution in [0.5, 0.6) is 0 Å². The van der Waals surface area contributed by atoms with Crippen LogP contribution in [0, 0.1) is 0 Å². The van der Waals surface area contributed by atoms with Crippen molar-refractivity contribution in [2.24, 2.45) is 0 Å². The Bertz CT molecular complexity index is 427. The minimum atomic E-state index is -3.69. The summed E-state index contributed by atoms with van der Waals surface area (Å²) in [6.07, 6.45) is -0.524. The fourth-order valence-corrected chi connectivity index (χ4v) is 3.42. The molecule has 1 aliphatic heterocycles. The number of esters is 1. The maximum absolute atomic E-state index is 12.4. The predicted molar refractivity (Wildman–Crippen MR) is 71.2 cm³/mol. The maximum atomic E-state index is 12.4. The molecule has 9 heteroatoms. The van der Waals surface area contributed by atoms with Crippen molar-refractivity contribution in [1.29, 1.82) is 0 Å². The molecule has 0 saturated carbocycles. The standard InChI is InChI=1S/C11H22N2O6S/c1-9-8-19-10(7-14)6-13(9)20(16,17)12(2)5-4-11(15)18-3/h9-10,14H,4-8H2,1-3H3. The highest BCUT2D eigenvalue weighted by Crippen LogP contribution is 2.18. The van der Waals surface area contributed by atoms with Crippen LogP contribution in [-0.2, 0) is 24.5 Å². The number of ether oxygens (including phenoxy) is 2. The molecule has 0 amide bonds. The number of methoxy groups -OCH3 is 1. The van der Waals surface area contributed by atoms with E-state index in [-0.39, 0.29) is 38.8 Å². The summed E-state index contributed by atoms with van der Waals surface area (Å²) in [4.78, 5) is 11.1. The summed E-state index contributed by atoms with van der Waals surface area (Å²) in [5.74, 6) is -0.463.